The van der Waals surface area contributed by atoms with E-state index in [-0.39, 0.29) is 6.04 Å². The predicted molar refractivity (Wildman–Crippen MR) is 97.8 cm³/mol. The Kier molecular flexibility index (Phi) is 3.64. The molecule has 1 aliphatic rings. The van der Waals surface area contributed by atoms with Crippen molar-refractivity contribution in [3.05, 3.63) is 68.3 Å². The van der Waals surface area contributed by atoms with Crippen LogP contribution >= 0.6 is 23.2 Å². The maximum atomic E-state index is 6.45. The number of fused-ring (bicyclic) bond motifs is 3. The first-order valence-electron chi connectivity index (χ1n) is 7.85. The van der Waals surface area contributed by atoms with Crippen LogP contribution in [0.25, 0.3) is 10.9 Å². The second-order valence-electron chi connectivity index (χ2n) is 6.29. The van der Waals surface area contributed by atoms with Gasteiger partial charge in [0.15, 0.2) is 0 Å². The van der Waals surface area contributed by atoms with Crippen LogP contribution in [0.15, 0.2) is 30.3 Å². The van der Waals surface area contributed by atoms with E-state index >= 15 is 0 Å². The maximum Gasteiger partial charge on any atom is 0.0761 e. The summed E-state index contributed by atoms with van der Waals surface area (Å²) in [4.78, 5) is 3.62. The Morgan fingerprint density at radius 1 is 1.09 bits per heavy atom. The summed E-state index contributed by atoms with van der Waals surface area (Å²) in [7, 11) is 0. The lowest BCUT2D eigenvalue weighted by molar-refractivity contribution is 0.560. The first kappa shape index (κ1) is 15.1. The van der Waals surface area contributed by atoms with Gasteiger partial charge in [-0.1, -0.05) is 35.3 Å². The monoisotopic (exact) mass is 344 g/mol. The quantitative estimate of drug-likeness (QED) is 0.613. The summed E-state index contributed by atoms with van der Waals surface area (Å²) in [6, 6.07) is 10.2. The molecular weight excluding hydrogens is 327 g/mol. The number of H-pyrrole nitrogens is 1. The smallest absolute Gasteiger partial charge is 0.0761 e. The Morgan fingerprint density at radius 2 is 1.83 bits per heavy atom. The van der Waals surface area contributed by atoms with Crippen molar-refractivity contribution >= 4 is 34.1 Å². The van der Waals surface area contributed by atoms with Crippen LogP contribution in [0.3, 0.4) is 0 Å². The molecule has 0 saturated heterocycles. The van der Waals surface area contributed by atoms with Gasteiger partial charge in [0, 0.05) is 38.8 Å². The molecule has 1 aliphatic heterocycles. The van der Waals surface area contributed by atoms with E-state index in [4.69, 9.17) is 23.2 Å². The molecule has 23 heavy (non-hydrogen) atoms. The summed E-state index contributed by atoms with van der Waals surface area (Å²) in [6.45, 7) is 5.23. The molecule has 2 nitrogen and oxygen atoms in total. The molecule has 0 bridgehead atoms. The van der Waals surface area contributed by atoms with E-state index in [1.54, 1.807) is 0 Å². The van der Waals surface area contributed by atoms with Crippen molar-refractivity contribution in [2.75, 3.05) is 6.54 Å². The predicted octanol–water partition coefficient (Wildman–Crippen LogP) is 5.33. The van der Waals surface area contributed by atoms with E-state index in [0.29, 0.717) is 10.0 Å². The summed E-state index contributed by atoms with van der Waals surface area (Å²) in [5.41, 5.74) is 7.33. The molecule has 0 amide bonds. The van der Waals surface area contributed by atoms with E-state index in [1.807, 2.05) is 18.2 Å². The molecule has 4 heteroatoms. The molecule has 1 atom stereocenters. The SMILES string of the molecule is Cc1cc(C)c2c3c([nH]c2c1)C(c1c(Cl)cccc1Cl)NCC3. The highest BCUT2D eigenvalue weighted by molar-refractivity contribution is 6.36. The van der Waals surface area contributed by atoms with Crippen molar-refractivity contribution in [3.8, 4) is 0 Å². The average Bonchev–Trinajstić information content (AvgIpc) is 2.86. The van der Waals surface area contributed by atoms with E-state index < -0.39 is 0 Å². The molecule has 1 aromatic heterocycles. The van der Waals surface area contributed by atoms with E-state index in [9.17, 15) is 0 Å². The van der Waals surface area contributed by atoms with Gasteiger partial charge >= 0.3 is 0 Å². The van der Waals surface area contributed by atoms with Crippen LogP contribution in [0.5, 0.6) is 0 Å². The molecule has 118 valence electrons. The van der Waals surface area contributed by atoms with Crippen LogP contribution in [0, 0.1) is 13.8 Å². The van der Waals surface area contributed by atoms with Crippen molar-refractivity contribution < 1.29 is 0 Å². The highest BCUT2D eigenvalue weighted by Crippen LogP contribution is 2.40. The zero-order valence-corrected chi connectivity index (χ0v) is 14.6. The standard InChI is InChI=1S/C19H18Cl2N2/c1-10-8-11(2)16-12-6-7-22-19(18(12)23-15(16)9-10)17-13(20)4-3-5-14(17)21/h3-5,8-9,19,22-23H,6-7H2,1-2H3. The number of hydrogen-bond acceptors (Lipinski definition) is 1. The van der Waals surface area contributed by atoms with Crippen molar-refractivity contribution in [1.29, 1.82) is 0 Å². The molecule has 2 aromatic carbocycles. The third-order valence-electron chi connectivity index (χ3n) is 4.68. The number of aromatic nitrogens is 1. The zero-order chi connectivity index (χ0) is 16.1. The van der Waals surface area contributed by atoms with Crippen molar-refractivity contribution in [3.63, 3.8) is 0 Å². The molecule has 0 aliphatic carbocycles. The lowest BCUT2D eigenvalue weighted by Crippen LogP contribution is -2.30. The van der Waals surface area contributed by atoms with Crippen molar-refractivity contribution in [1.82, 2.24) is 10.3 Å². The van der Waals surface area contributed by atoms with Gasteiger partial charge < -0.3 is 10.3 Å². The molecule has 4 rings (SSSR count). The Labute approximate surface area is 145 Å². The van der Waals surface area contributed by atoms with E-state index in [0.717, 1.165) is 18.5 Å². The maximum absolute atomic E-state index is 6.45. The fraction of sp³-hybridized carbons (Fsp3) is 0.263. The van der Waals surface area contributed by atoms with Gasteiger partial charge in [0.05, 0.1) is 6.04 Å². The molecular formula is C19H18Cl2N2. The van der Waals surface area contributed by atoms with Gasteiger partial charge in [0.1, 0.15) is 0 Å². The van der Waals surface area contributed by atoms with Gasteiger partial charge in [0.25, 0.3) is 0 Å². The van der Waals surface area contributed by atoms with Crippen LogP contribution in [-0.2, 0) is 6.42 Å². The summed E-state index contributed by atoms with van der Waals surface area (Å²) < 4.78 is 0. The van der Waals surface area contributed by atoms with Gasteiger partial charge in [-0.3, -0.25) is 0 Å². The van der Waals surface area contributed by atoms with Crippen LogP contribution in [0.2, 0.25) is 10.0 Å². The topological polar surface area (TPSA) is 27.8 Å². The number of nitrogens with one attached hydrogen (secondary N) is 2. The second kappa shape index (κ2) is 5.55. The second-order valence-corrected chi connectivity index (χ2v) is 7.11. The lowest BCUT2D eigenvalue weighted by atomic mass is 9.93. The first-order chi connectivity index (χ1) is 11.1. The first-order valence-corrected chi connectivity index (χ1v) is 8.61. The van der Waals surface area contributed by atoms with Crippen molar-refractivity contribution in [2.45, 2.75) is 26.3 Å². The number of hydrogen-bond donors (Lipinski definition) is 2. The minimum atomic E-state index is 0.00653. The van der Waals surface area contributed by atoms with Gasteiger partial charge in [-0.05, 0) is 55.2 Å². The fourth-order valence-electron chi connectivity index (χ4n) is 3.80. The number of benzene rings is 2. The zero-order valence-electron chi connectivity index (χ0n) is 13.1. The van der Waals surface area contributed by atoms with Gasteiger partial charge in [0.2, 0.25) is 0 Å². The largest absolute Gasteiger partial charge is 0.357 e. The molecule has 2 N–H and O–H groups in total. The normalized spacial score (nSPS) is 17.5. The molecule has 2 heterocycles. The van der Waals surface area contributed by atoms with E-state index in [1.165, 1.54) is 33.3 Å². The third-order valence-corrected chi connectivity index (χ3v) is 5.34. The summed E-state index contributed by atoms with van der Waals surface area (Å²) >= 11 is 12.9. The van der Waals surface area contributed by atoms with Crippen molar-refractivity contribution in [2.24, 2.45) is 0 Å². The number of aromatic amines is 1. The van der Waals surface area contributed by atoms with E-state index in [2.05, 4.69) is 36.3 Å². The molecule has 0 radical (unpaired) electrons. The van der Waals surface area contributed by atoms with Gasteiger partial charge in [-0.15, -0.1) is 0 Å². The Balaban J connectivity index is 1.97. The Hall–Kier alpha value is -1.48. The summed E-state index contributed by atoms with van der Waals surface area (Å²) in [5, 5.41) is 6.32. The fourth-order valence-corrected chi connectivity index (χ4v) is 4.42. The minimum absolute atomic E-state index is 0.00653. The highest BCUT2D eigenvalue weighted by atomic mass is 35.5. The van der Waals surface area contributed by atoms with Gasteiger partial charge in [-0.2, -0.15) is 0 Å². The molecule has 1 unspecified atom stereocenters. The minimum Gasteiger partial charge on any atom is -0.357 e. The number of halogens is 2. The molecule has 3 aromatic rings. The van der Waals surface area contributed by atoms with Gasteiger partial charge in [-0.25, -0.2) is 0 Å². The molecule has 0 fully saturated rings. The lowest BCUT2D eigenvalue weighted by Gasteiger charge is -2.26. The number of aryl methyl sites for hydroxylation is 2. The third kappa shape index (κ3) is 2.37. The number of rotatable bonds is 1. The van der Waals surface area contributed by atoms with Crippen LogP contribution in [0.1, 0.15) is 34.0 Å². The molecule has 0 saturated carbocycles. The highest BCUT2D eigenvalue weighted by Gasteiger charge is 2.28. The van der Waals surface area contributed by atoms with Crippen LogP contribution in [0.4, 0.5) is 0 Å². The summed E-state index contributed by atoms with van der Waals surface area (Å²) in [6.07, 6.45) is 1.01. The summed E-state index contributed by atoms with van der Waals surface area (Å²) in [5.74, 6) is 0. The Bertz CT molecular complexity index is 891. The molecule has 0 spiro atoms. The van der Waals surface area contributed by atoms with Crippen LogP contribution in [-0.4, -0.2) is 11.5 Å². The average molecular weight is 345 g/mol. The Morgan fingerprint density at radius 3 is 2.57 bits per heavy atom. The van der Waals surface area contributed by atoms with Crippen LogP contribution < -0.4 is 5.32 Å².